The highest BCUT2D eigenvalue weighted by molar-refractivity contribution is 5.97. The van der Waals surface area contributed by atoms with E-state index >= 15 is 0 Å². The molecule has 1 aromatic carbocycles. The molecular weight excluding hydrogens is 344 g/mol. The van der Waals surface area contributed by atoms with Crippen LogP contribution in [0.15, 0.2) is 54.9 Å². The maximum atomic E-state index is 11.3. The summed E-state index contributed by atoms with van der Waals surface area (Å²) >= 11 is 0. The van der Waals surface area contributed by atoms with Crippen molar-refractivity contribution >= 4 is 22.3 Å². The molecule has 138 valence electrons. The van der Waals surface area contributed by atoms with E-state index in [1.165, 1.54) is 0 Å². The molecule has 7 heteroatoms. The zero-order chi connectivity index (χ0) is 18.6. The lowest BCUT2D eigenvalue weighted by molar-refractivity contribution is -0.383. The van der Waals surface area contributed by atoms with E-state index in [9.17, 15) is 10.1 Å². The van der Waals surface area contributed by atoms with Gasteiger partial charge in [0.05, 0.1) is 22.6 Å². The number of nitro groups is 1. The molecule has 0 saturated carbocycles. The number of nitro benzene ring substituents is 1. The van der Waals surface area contributed by atoms with Crippen molar-refractivity contribution in [1.29, 1.82) is 0 Å². The third-order valence-electron chi connectivity index (χ3n) is 4.98. The highest BCUT2D eigenvalue weighted by atomic mass is 16.6. The zero-order valence-electron chi connectivity index (χ0n) is 14.8. The minimum atomic E-state index is -0.352. The average Bonchev–Trinajstić information content (AvgIpc) is 2.72. The molecule has 0 spiro atoms. The predicted octanol–water partition coefficient (Wildman–Crippen LogP) is 3.83. The van der Waals surface area contributed by atoms with Crippen molar-refractivity contribution in [2.45, 2.75) is 12.8 Å². The maximum Gasteiger partial charge on any atom is 0.278 e. The number of non-ortho nitro benzene ring substituents is 1. The smallest absolute Gasteiger partial charge is 0.278 e. The summed E-state index contributed by atoms with van der Waals surface area (Å²) in [6, 6.07) is 12.5. The van der Waals surface area contributed by atoms with Crippen LogP contribution in [-0.4, -0.2) is 34.6 Å². The van der Waals surface area contributed by atoms with Crippen molar-refractivity contribution in [2.75, 3.05) is 24.6 Å². The molecule has 0 N–H and O–H groups in total. The van der Waals surface area contributed by atoms with Crippen molar-refractivity contribution in [3.8, 4) is 5.88 Å². The van der Waals surface area contributed by atoms with Crippen molar-refractivity contribution < 1.29 is 9.66 Å². The number of pyridine rings is 2. The monoisotopic (exact) mass is 364 g/mol. The minimum Gasteiger partial charge on any atom is -0.477 e. The fraction of sp³-hybridized carbons (Fsp3) is 0.300. The van der Waals surface area contributed by atoms with Gasteiger partial charge < -0.3 is 9.64 Å². The maximum absolute atomic E-state index is 11.3. The first-order valence-corrected chi connectivity index (χ1v) is 9.03. The van der Waals surface area contributed by atoms with Gasteiger partial charge >= 0.3 is 0 Å². The van der Waals surface area contributed by atoms with Crippen LogP contribution in [0, 0.1) is 16.0 Å². The highest BCUT2D eigenvalue weighted by Crippen LogP contribution is 2.34. The van der Waals surface area contributed by atoms with Gasteiger partial charge in [-0.15, -0.1) is 0 Å². The zero-order valence-corrected chi connectivity index (χ0v) is 14.8. The molecule has 1 aliphatic rings. The van der Waals surface area contributed by atoms with Crippen LogP contribution >= 0.6 is 0 Å². The molecule has 2 aromatic heterocycles. The number of fused-ring (bicyclic) bond motifs is 1. The van der Waals surface area contributed by atoms with Gasteiger partial charge in [-0.3, -0.25) is 15.1 Å². The van der Waals surface area contributed by atoms with E-state index in [0.717, 1.165) is 31.6 Å². The summed E-state index contributed by atoms with van der Waals surface area (Å²) < 4.78 is 5.78. The van der Waals surface area contributed by atoms with Gasteiger partial charge in [-0.25, -0.2) is 4.98 Å². The molecule has 7 nitrogen and oxygen atoms in total. The number of hydrogen-bond acceptors (Lipinski definition) is 6. The van der Waals surface area contributed by atoms with E-state index in [4.69, 9.17) is 4.74 Å². The van der Waals surface area contributed by atoms with Crippen LogP contribution in [0.1, 0.15) is 12.8 Å². The van der Waals surface area contributed by atoms with Gasteiger partial charge in [0.25, 0.3) is 5.69 Å². The number of benzene rings is 1. The Bertz CT molecular complexity index is 940. The average molecular weight is 364 g/mol. The van der Waals surface area contributed by atoms with Crippen LogP contribution < -0.4 is 9.64 Å². The lowest BCUT2D eigenvalue weighted by atomic mass is 9.97. The van der Waals surface area contributed by atoms with Gasteiger partial charge in [-0.1, -0.05) is 6.07 Å². The quantitative estimate of drug-likeness (QED) is 0.505. The Morgan fingerprint density at radius 2 is 1.89 bits per heavy atom. The Balaban J connectivity index is 1.45. The molecule has 1 aliphatic heterocycles. The summed E-state index contributed by atoms with van der Waals surface area (Å²) in [4.78, 5) is 21.8. The van der Waals surface area contributed by atoms with Crippen molar-refractivity contribution in [2.24, 2.45) is 5.92 Å². The van der Waals surface area contributed by atoms with E-state index in [0.29, 0.717) is 29.3 Å². The molecule has 0 unspecified atom stereocenters. The largest absolute Gasteiger partial charge is 0.477 e. The second kappa shape index (κ2) is 7.57. The molecule has 27 heavy (non-hydrogen) atoms. The number of ether oxygens (including phenoxy) is 1. The molecule has 3 aromatic rings. The summed E-state index contributed by atoms with van der Waals surface area (Å²) in [7, 11) is 0. The van der Waals surface area contributed by atoms with Crippen molar-refractivity contribution in [3.63, 3.8) is 0 Å². The van der Waals surface area contributed by atoms with E-state index in [1.54, 1.807) is 30.6 Å². The van der Waals surface area contributed by atoms with Crippen LogP contribution in [0.2, 0.25) is 0 Å². The summed E-state index contributed by atoms with van der Waals surface area (Å²) in [5, 5.41) is 11.9. The number of anilines is 1. The van der Waals surface area contributed by atoms with Crippen LogP contribution in [0.4, 0.5) is 11.4 Å². The third-order valence-corrected chi connectivity index (χ3v) is 4.98. The normalized spacial score (nSPS) is 15.0. The Labute approximate surface area is 156 Å². The van der Waals surface area contributed by atoms with Crippen LogP contribution in [0.25, 0.3) is 10.9 Å². The number of hydrogen-bond donors (Lipinski definition) is 0. The van der Waals surface area contributed by atoms with Gasteiger partial charge in [0, 0.05) is 37.6 Å². The van der Waals surface area contributed by atoms with Gasteiger partial charge in [0.15, 0.2) is 0 Å². The Morgan fingerprint density at radius 1 is 1.07 bits per heavy atom. The number of piperidine rings is 1. The second-order valence-electron chi connectivity index (χ2n) is 6.67. The SMILES string of the molecule is O=[N+]([O-])c1ccc(N2CCC(COc3ccccn3)CC2)c2ncccc12. The second-order valence-corrected chi connectivity index (χ2v) is 6.67. The fourth-order valence-electron chi connectivity index (χ4n) is 3.53. The summed E-state index contributed by atoms with van der Waals surface area (Å²) in [5.74, 6) is 1.13. The van der Waals surface area contributed by atoms with Crippen LogP contribution in [0.3, 0.4) is 0 Å². The van der Waals surface area contributed by atoms with E-state index in [-0.39, 0.29) is 10.6 Å². The highest BCUT2D eigenvalue weighted by Gasteiger charge is 2.23. The lowest BCUT2D eigenvalue weighted by Crippen LogP contribution is -2.35. The van der Waals surface area contributed by atoms with E-state index < -0.39 is 0 Å². The topological polar surface area (TPSA) is 81.4 Å². The molecule has 0 atom stereocenters. The van der Waals surface area contributed by atoms with Gasteiger partial charge in [0.1, 0.15) is 5.52 Å². The first kappa shape index (κ1) is 17.2. The molecular formula is C20H20N4O3. The molecule has 0 aliphatic carbocycles. The number of rotatable bonds is 5. The first-order valence-electron chi connectivity index (χ1n) is 9.03. The number of aromatic nitrogens is 2. The molecule has 1 saturated heterocycles. The van der Waals surface area contributed by atoms with Gasteiger partial charge in [-0.2, -0.15) is 0 Å². The molecule has 4 rings (SSSR count). The minimum absolute atomic E-state index is 0.0977. The molecule has 0 bridgehead atoms. The Hall–Kier alpha value is -3.22. The summed E-state index contributed by atoms with van der Waals surface area (Å²) in [6.07, 6.45) is 5.41. The van der Waals surface area contributed by atoms with E-state index in [2.05, 4.69) is 14.9 Å². The summed E-state index contributed by atoms with van der Waals surface area (Å²) in [5.41, 5.74) is 1.75. The first-order chi connectivity index (χ1) is 13.2. The number of nitrogens with zero attached hydrogens (tertiary/aromatic N) is 4. The Morgan fingerprint density at radius 3 is 2.63 bits per heavy atom. The third kappa shape index (κ3) is 3.67. The van der Waals surface area contributed by atoms with Crippen LogP contribution in [-0.2, 0) is 0 Å². The molecule has 1 fully saturated rings. The standard InChI is InChI=1S/C20H20N4O3/c25-24(26)17-6-7-18(20-16(17)4-3-11-22-20)23-12-8-15(9-13-23)14-27-19-5-1-2-10-21-19/h1-7,10-11,15H,8-9,12-14H2. The summed E-state index contributed by atoms with van der Waals surface area (Å²) in [6.45, 7) is 2.41. The molecule has 3 heterocycles. The van der Waals surface area contributed by atoms with Crippen molar-refractivity contribution in [3.05, 3.63) is 65.0 Å². The van der Waals surface area contributed by atoms with Gasteiger partial charge in [-0.05, 0) is 43.0 Å². The van der Waals surface area contributed by atoms with Crippen LogP contribution in [0.5, 0.6) is 5.88 Å². The van der Waals surface area contributed by atoms with E-state index in [1.807, 2.05) is 24.3 Å². The molecule has 0 radical (unpaired) electrons. The molecule has 0 amide bonds. The fourth-order valence-corrected chi connectivity index (χ4v) is 3.53. The van der Waals surface area contributed by atoms with Gasteiger partial charge in [0.2, 0.25) is 5.88 Å². The Kier molecular flexibility index (Phi) is 4.82. The lowest BCUT2D eigenvalue weighted by Gasteiger charge is -2.33. The predicted molar refractivity (Wildman–Crippen MR) is 103 cm³/mol. The van der Waals surface area contributed by atoms with Crippen molar-refractivity contribution in [1.82, 2.24) is 9.97 Å².